The topological polar surface area (TPSA) is 96.2 Å². The summed E-state index contributed by atoms with van der Waals surface area (Å²) in [5.41, 5.74) is 7.93. The highest BCUT2D eigenvalue weighted by atomic mass is 16.4. The number of ketones is 1. The van der Waals surface area contributed by atoms with E-state index in [2.05, 4.69) is 23.2 Å². The van der Waals surface area contributed by atoms with Gasteiger partial charge in [0.25, 0.3) is 0 Å². The number of nitrogens with two attached hydrogens (primary N) is 1. The maximum atomic E-state index is 11.1. The lowest BCUT2D eigenvalue weighted by Gasteiger charge is -2.06. The van der Waals surface area contributed by atoms with Gasteiger partial charge in [-0.2, -0.15) is 0 Å². The van der Waals surface area contributed by atoms with Crippen LogP contribution in [-0.4, -0.2) is 27.9 Å². The average molecular weight is 324 g/mol. The van der Waals surface area contributed by atoms with E-state index in [1.165, 1.54) is 17.8 Å². The van der Waals surface area contributed by atoms with Crippen molar-refractivity contribution in [1.29, 1.82) is 0 Å². The molecule has 0 radical (unpaired) electrons. The van der Waals surface area contributed by atoms with Crippen molar-refractivity contribution in [1.82, 2.24) is 4.98 Å². The van der Waals surface area contributed by atoms with Gasteiger partial charge < -0.3 is 15.8 Å². The number of hydrogen-bond acceptors (Lipinski definition) is 3. The summed E-state index contributed by atoms with van der Waals surface area (Å²) in [6.45, 7) is 1.47. The minimum Gasteiger partial charge on any atom is -0.480 e. The molecule has 2 aromatic carbocycles. The summed E-state index contributed by atoms with van der Waals surface area (Å²) in [5, 5.41) is 9.91. The second kappa shape index (κ2) is 8.08. The van der Waals surface area contributed by atoms with E-state index in [4.69, 9.17) is 10.8 Å². The Kier molecular flexibility index (Phi) is 5.87. The molecule has 0 bridgehead atoms. The van der Waals surface area contributed by atoms with Gasteiger partial charge in [-0.15, -0.1) is 0 Å². The number of carbonyl (C=O) groups is 2. The van der Waals surface area contributed by atoms with Crippen molar-refractivity contribution in [3.63, 3.8) is 0 Å². The predicted octanol–water partition coefficient (Wildman–Crippen LogP) is 3.01. The number of Topliss-reactive ketones (excluding diaryl/α,β-unsaturated/α-hetero) is 1. The Labute approximate surface area is 140 Å². The van der Waals surface area contributed by atoms with Crippen molar-refractivity contribution in [3.8, 4) is 0 Å². The third-order valence-electron chi connectivity index (χ3n) is 3.57. The van der Waals surface area contributed by atoms with E-state index in [0.717, 1.165) is 5.56 Å². The first-order valence-electron chi connectivity index (χ1n) is 7.58. The third-order valence-corrected chi connectivity index (χ3v) is 3.57. The maximum Gasteiger partial charge on any atom is 0.320 e. The molecular weight excluding hydrogens is 304 g/mol. The molecule has 0 aliphatic rings. The molecular formula is C19H20N2O3. The molecule has 3 rings (SSSR count). The molecule has 5 heteroatoms. The number of aromatic amines is 1. The summed E-state index contributed by atoms with van der Waals surface area (Å²) in [6.07, 6.45) is 2.18. The van der Waals surface area contributed by atoms with E-state index in [1.807, 2.05) is 18.3 Å². The van der Waals surface area contributed by atoms with Gasteiger partial charge >= 0.3 is 5.97 Å². The zero-order valence-corrected chi connectivity index (χ0v) is 13.4. The molecule has 1 aromatic heterocycles. The molecule has 3 aromatic rings. The lowest BCUT2D eigenvalue weighted by atomic mass is 10.0. The minimum atomic E-state index is -1.04. The molecule has 0 aliphatic heterocycles. The first-order valence-corrected chi connectivity index (χ1v) is 7.58. The van der Waals surface area contributed by atoms with Crippen molar-refractivity contribution in [2.75, 3.05) is 0 Å². The van der Waals surface area contributed by atoms with Gasteiger partial charge in [0.15, 0.2) is 5.78 Å². The van der Waals surface area contributed by atoms with Gasteiger partial charge in [0.05, 0.1) is 0 Å². The molecule has 0 fully saturated rings. The van der Waals surface area contributed by atoms with Gasteiger partial charge in [-0.05, 0) is 42.5 Å². The number of rotatable bonds is 4. The second-order valence-electron chi connectivity index (χ2n) is 5.47. The number of H-pyrrole nitrogens is 1. The Bertz CT molecular complexity index is 809. The van der Waals surface area contributed by atoms with Crippen LogP contribution in [0.25, 0.3) is 10.9 Å². The Morgan fingerprint density at radius 2 is 1.88 bits per heavy atom. The van der Waals surface area contributed by atoms with Gasteiger partial charge in [-0.1, -0.05) is 36.4 Å². The fourth-order valence-corrected chi connectivity index (χ4v) is 2.25. The number of aliphatic carboxylic acids is 1. The minimum absolute atomic E-state index is 0.0410. The van der Waals surface area contributed by atoms with Crippen LogP contribution in [-0.2, 0) is 11.2 Å². The number of carbonyl (C=O) groups excluding carboxylic acids is 1. The van der Waals surface area contributed by atoms with Crippen LogP contribution in [0.3, 0.4) is 0 Å². The van der Waals surface area contributed by atoms with E-state index in [0.29, 0.717) is 5.56 Å². The van der Waals surface area contributed by atoms with E-state index < -0.39 is 12.0 Å². The lowest BCUT2D eigenvalue weighted by molar-refractivity contribution is -0.138. The van der Waals surface area contributed by atoms with Crippen LogP contribution in [0.2, 0.25) is 0 Å². The molecule has 1 unspecified atom stereocenters. The molecule has 0 amide bonds. The quantitative estimate of drug-likeness (QED) is 0.643. The van der Waals surface area contributed by atoms with Crippen LogP contribution in [0, 0.1) is 0 Å². The normalized spacial score (nSPS) is 11.4. The Morgan fingerprint density at radius 1 is 1.12 bits per heavy atom. The predicted molar refractivity (Wildman–Crippen MR) is 94.1 cm³/mol. The van der Waals surface area contributed by atoms with Gasteiger partial charge in [-0.3, -0.25) is 9.59 Å². The Balaban J connectivity index is 0.000000194. The number of carboxylic acids is 1. The van der Waals surface area contributed by atoms with Crippen LogP contribution in [0.4, 0.5) is 0 Å². The number of nitrogens with one attached hydrogen (secondary N) is 1. The van der Waals surface area contributed by atoms with Crippen molar-refractivity contribution in [2.24, 2.45) is 5.73 Å². The van der Waals surface area contributed by atoms with Crippen LogP contribution in [0.1, 0.15) is 22.8 Å². The number of hydrogen-bond donors (Lipinski definition) is 3. The SMILES string of the molecule is CC(=O)c1cccc(CC(N)C(=O)O)c1.c1ccc2[nH]ccc2c1. The van der Waals surface area contributed by atoms with Crippen molar-refractivity contribution in [2.45, 2.75) is 19.4 Å². The Hall–Kier alpha value is -2.92. The van der Waals surface area contributed by atoms with E-state index >= 15 is 0 Å². The standard InChI is InChI=1S/C11H13NO3.C8H7N/c1-7(13)9-4-2-3-8(5-9)6-10(12)11(14)15;1-2-4-8-7(3-1)5-6-9-8/h2-5,10H,6,12H2,1H3,(H,14,15);1-6,9H. The van der Waals surface area contributed by atoms with Crippen molar-refractivity contribution >= 4 is 22.7 Å². The number of benzene rings is 2. The highest BCUT2D eigenvalue weighted by Crippen LogP contribution is 2.09. The molecule has 0 aliphatic carbocycles. The lowest BCUT2D eigenvalue weighted by Crippen LogP contribution is -2.32. The summed E-state index contributed by atoms with van der Waals surface area (Å²) in [4.78, 5) is 24.7. The highest BCUT2D eigenvalue weighted by Gasteiger charge is 2.12. The molecule has 1 heterocycles. The first-order chi connectivity index (χ1) is 11.5. The van der Waals surface area contributed by atoms with E-state index in [9.17, 15) is 9.59 Å². The van der Waals surface area contributed by atoms with Crippen LogP contribution in [0.15, 0.2) is 60.8 Å². The van der Waals surface area contributed by atoms with Crippen LogP contribution < -0.4 is 5.73 Å². The smallest absolute Gasteiger partial charge is 0.320 e. The van der Waals surface area contributed by atoms with Gasteiger partial charge in [-0.25, -0.2) is 0 Å². The first kappa shape index (κ1) is 17.4. The van der Waals surface area contributed by atoms with Crippen LogP contribution in [0.5, 0.6) is 0 Å². The summed E-state index contributed by atoms with van der Waals surface area (Å²) in [6, 6.07) is 16.2. The Morgan fingerprint density at radius 3 is 2.54 bits per heavy atom. The van der Waals surface area contributed by atoms with E-state index in [-0.39, 0.29) is 12.2 Å². The number of aromatic nitrogens is 1. The molecule has 5 nitrogen and oxygen atoms in total. The van der Waals surface area contributed by atoms with Gasteiger partial charge in [0, 0.05) is 17.3 Å². The number of para-hydroxylation sites is 1. The van der Waals surface area contributed by atoms with Crippen LogP contribution >= 0.6 is 0 Å². The van der Waals surface area contributed by atoms with Gasteiger partial charge in [0.2, 0.25) is 0 Å². The molecule has 124 valence electrons. The molecule has 0 spiro atoms. The summed E-state index contributed by atoms with van der Waals surface area (Å²) >= 11 is 0. The second-order valence-corrected chi connectivity index (χ2v) is 5.47. The molecule has 4 N–H and O–H groups in total. The summed E-state index contributed by atoms with van der Waals surface area (Å²) in [7, 11) is 0. The summed E-state index contributed by atoms with van der Waals surface area (Å²) in [5.74, 6) is -1.08. The highest BCUT2D eigenvalue weighted by molar-refractivity contribution is 5.94. The van der Waals surface area contributed by atoms with Gasteiger partial charge in [0.1, 0.15) is 6.04 Å². The largest absolute Gasteiger partial charge is 0.480 e. The van der Waals surface area contributed by atoms with Crippen molar-refractivity contribution in [3.05, 3.63) is 71.9 Å². The van der Waals surface area contributed by atoms with E-state index in [1.54, 1.807) is 24.3 Å². The molecule has 1 atom stereocenters. The molecule has 0 saturated carbocycles. The fourth-order valence-electron chi connectivity index (χ4n) is 2.25. The average Bonchev–Trinajstić information content (AvgIpc) is 3.04. The third kappa shape index (κ3) is 4.79. The fraction of sp³-hybridized carbons (Fsp3) is 0.158. The zero-order valence-electron chi connectivity index (χ0n) is 13.4. The molecule has 24 heavy (non-hydrogen) atoms. The summed E-state index contributed by atoms with van der Waals surface area (Å²) < 4.78 is 0. The molecule has 0 saturated heterocycles. The zero-order chi connectivity index (χ0) is 17.5. The monoisotopic (exact) mass is 324 g/mol. The number of carboxylic acid groups (broad SMARTS) is 1. The number of fused-ring (bicyclic) bond motifs is 1. The maximum absolute atomic E-state index is 11.1. The van der Waals surface area contributed by atoms with Crippen molar-refractivity contribution < 1.29 is 14.7 Å².